The van der Waals surface area contributed by atoms with Crippen molar-refractivity contribution in [3.63, 3.8) is 0 Å². The predicted octanol–water partition coefficient (Wildman–Crippen LogP) is 1.68. The van der Waals surface area contributed by atoms with Crippen molar-refractivity contribution in [3.8, 4) is 5.75 Å². The van der Waals surface area contributed by atoms with Crippen LogP contribution in [0.4, 0.5) is 0 Å². The molecule has 2 aromatic rings. The molecule has 0 aliphatic carbocycles. The van der Waals surface area contributed by atoms with Crippen molar-refractivity contribution in [2.45, 2.75) is 32.3 Å². The van der Waals surface area contributed by atoms with Crippen LogP contribution in [0.3, 0.4) is 0 Å². The van der Waals surface area contributed by atoms with Crippen LogP contribution >= 0.6 is 0 Å². The molecule has 1 amide bonds. The number of hydrogen-bond donors (Lipinski definition) is 3. The molecule has 1 fully saturated rings. The van der Waals surface area contributed by atoms with Gasteiger partial charge in [-0.15, -0.1) is 0 Å². The molecule has 1 aromatic heterocycles. The predicted molar refractivity (Wildman–Crippen MR) is 97.9 cm³/mol. The average molecular weight is 345 g/mol. The number of aromatic amines is 1. The number of nitrogens with one attached hydrogen (secondary N) is 2. The summed E-state index contributed by atoms with van der Waals surface area (Å²) in [6.07, 6.45) is 3.71. The number of aromatic nitrogens is 1. The van der Waals surface area contributed by atoms with Crippen LogP contribution in [0.25, 0.3) is 10.9 Å². The maximum Gasteiger partial charge on any atom is 0.224 e. The monoisotopic (exact) mass is 345 g/mol. The van der Waals surface area contributed by atoms with Crippen LogP contribution in [0.5, 0.6) is 5.75 Å². The fourth-order valence-corrected chi connectivity index (χ4v) is 3.37. The number of aliphatic hydroxyl groups excluding tert-OH is 1. The quantitative estimate of drug-likeness (QED) is 0.714. The molecule has 1 aromatic carbocycles. The Morgan fingerprint density at radius 2 is 2.20 bits per heavy atom. The van der Waals surface area contributed by atoms with Crippen molar-refractivity contribution >= 4 is 16.8 Å². The highest BCUT2D eigenvalue weighted by atomic mass is 16.5. The molecule has 2 heterocycles. The number of fused-ring (bicyclic) bond motifs is 1. The number of carbonyl (C=O) groups is 1. The highest BCUT2D eigenvalue weighted by Gasteiger charge is 2.17. The summed E-state index contributed by atoms with van der Waals surface area (Å²) in [6.45, 7) is 5.82. The second kappa shape index (κ2) is 8.36. The molecule has 3 N–H and O–H groups in total. The van der Waals surface area contributed by atoms with Gasteiger partial charge in [-0.05, 0) is 37.5 Å². The first kappa shape index (κ1) is 17.8. The molecule has 3 rings (SSSR count). The molecule has 0 radical (unpaired) electrons. The number of aliphatic hydroxyl groups is 1. The van der Waals surface area contributed by atoms with Gasteiger partial charge in [0.2, 0.25) is 5.91 Å². The zero-order valence-corrected chi connectivity index (χ0v) is 14.8. The smallest absolute Gasteiger partial charge is 0.224 e. The third-order valence-corrected chi connectivity index (χ3v) is 4.71. The molecular weight excluding hydrogens is 318 g/mol. The van der Waals surface area contributed by atoms with Gasteiger partial charge in [0.05, 0.1) is 19.1 Å². The third kappa shape index (κ3) is 4.52. The number of likely N-dealkylation sites (tertiary alicyclic amines) is 1. The standard InChI is InChI=1S/C19H27N3O3/c1-2-25-17-5-3-4-16-19(17)14(13-21-16)12-18(24)20-8-11-22-9-6-15(23)7-10-22/h3-5,13,15,21,23H,2,6-12H2,1H3,(H,20,24). The number of piperidine rings is 1. The van der Waals surface area contributed by atoms with E-state index in [0.29, 0.717) is 19.6 Å². The van der Waals surface area contributed by atoms with E-state index in [0.717, 1.165) is 54.7 Å². The van der Waals surface area contributed by atoms with Crippen molar-refractivity contribution in [2.75, 3.05) is 32.8 Å². The van der Waals surface area contributed by atoms with Crippen LogP contribution in [0.15, 0.2) is 24.4 Å². The molecule has 136 valence electrons. The highest BCUT2D eigenvalue weighted by molar-refractivity contribution is 5.93. The molecule has 6 nitrogen and oxygen atoms in total. The van der Waals surface area contributed by atoms with Gasteiger partial charge in [-0.25, -0.2) is 0 Å². The number of rotatable bonds is 7. The summed E-state index contributed by atoms with van der Waals surface area (Å²) < 4.78 is 5.69. The van der Waals surface area contributed by atoms with E-state index in [-0.39, 0.29) is 12.0 Å². The van der Waals surface area contributed by atoms with Crippen molar-refractivity contribution in [2.24, 2.45) is 0 Å². The first-order valence-corrected chi connectivity index (χ1v) is 9.06. The van der Waals surface area contributed by atoms with Crippen molar-refractivity contribution in [3.05, 3.63) is 30.0 Å². The van der Waals surface area contributed by atoms with Gasteiger partial charge in [-0.3, -0.25) is 4.79 Å². The first-order chi connectivity index (χ1) is 12.2. The minimum atomic E-state index is -0.160. The van der Waals surface area contributed by atoms with Crippen LogP contribution in [-0.4, -0.2) is 59.8 Å². The third-order valence-electron chi connectivity index (χ3n) is 4.71. The topological polar surface area (TPSA) is 77.6 Å². The number of benzene rings is 1. The van der Waals surface area contributed by atoms with Gasteiger partial charge in [0, 0.05) is 43.3 Å². The Morgan fingerprint density at radius 3 is 2.96 bits per heavy atom. The summed E-state index contributed by atoms with van der Waals surface area (Å²) >= 11 is 0. The molecule has 25 heavy (non-hydrogen) atoms. The maximum absolute atomic E-state index is 12.3. The largest absolute Gasteiger partial charge is 0.493 e. The number of amides is 1. The van der Waals surface area contributed by atoms with Gasteiger partial charge in [0.25, 0.3) is 0 Å². The van der Waals surface area contributed by atoms with Crippen LogP contribution in [0, 0.1) is 0 Å². The van der Waals surface area contributed by atoms with Crippen molar-refractivity contribution < 1.29 is 14.6 Å². The Labute approximate surface area is 148 Å². The van der Waals surface area contributed by atoms with Gasteiger partial charge in [0.1, 0.15) is 5.75 Å². The van der Waals surface area contributed by atoms with Gasteiger partial charge in [-0.2, -0.15) is 0 Å². The van der Waals surface area contributed by atoms with E-state index in [4.69, 9.17) is 4.74 Å². The van der Waals surface area contributed by atoms with Gasteiger partial charge in [-0.1, -0.05) is 6.07 Å². The lowest BCUT2D eigenvalue weighted by atomic mass is 10.1. The van der Waals surface area contributed by atoms with E-state index in [1.54, 1.807) is 0 Å². The molecule has 1 saturated heterocycles. The normalized spacial score (nSPS) is 16.2. The van der Waals surface area contributed by atoms with Crippen LogP contribution < -0.4 is 10.1 Å². The second-order valence-electron chi connectivity index (χ2n) is 6.53. The highest BCUT2D eigenvalue weighted by Crippen LogP contribution is 2.29. The van der Waals surface area contributed by atoms with Crippen LogP contribution in [0.1, 0.15) is 25.3 Å². The Bertz CT molecular complexity index is 705. The minimum Gasteiger partial charge on any atom is -0.493 e. The summed E-state index contributed by atoms with van der Waals surface area (Å²) in [6, 6.07) is 5.87. The number of carbonyl (C=O) groups excluding carboxylic acids is 1. The van der Waals surface area contributed by atoms with E-state index in [1.807, 2.05) is 31.3 Å². The molecule has 1 aliphatic rings. The molecule has 6 heteroatoms. The zero-order chi connectivity index (χ0) is 17.6. The lowest BCUT2D eigenvalue weighted by Gasteiger charge is -2.29. The molecule has 0 unspecified atom stereocenters. The number of H-pyrrole nitrogens is 1. The first-order valence-electron chi connectivity index (χ1n) is 9.06. The second-order valence-corrected chi connectivity index (χ2v) is 6.53. The number of nitrogens with zero attached hydrogens (tertiary/aromatic N) is 1. The summed E-state index contributed by atoms with van der Waals surface area (Å²) in [5.41, 5.74) is 1.94. The number of hydrogen-bond acceptors (Lipinski definition) is 4. The summed E-state index contributed by atoms with van der Waals surface area (Å²) in [5, 5.41) is 13.5. The molecule has 0 atom stereocenters. The molecule has 0 bridgehead atoms. The Kier molecular flexibility index (Phi) is 5.94. The van der Waals surface area contributed by atoms with Crippen LogP contribution in [-0.2, 0) is 11.2 Å². The Balaban J connectivity index is 1.53. The van der Waals surface area contributed by atoms with Crippen molar-refractivity contribution in [1.82, 2.24) is 15.2 Å². The molecule has 0 spiro atoms. The lowest BCUT2D eigenvalue weighted by molar-refractivity contribution is -0.120. The van der Waals surface area contributed by atoms with E-state index in [2.05, 4.69) is 15.2 Å². The Morgan fingerprint density at radius 1 is 1.40 bits per heavy atom. The van der Waals surface area contributed by atoms with E-state index in [1.165, 1.54) is 0 Å². The number of ether oxygens (including phenoxy) is 1. The Hall–Kier alpha value is -2.05. The lowest BCUT2D eigenvalue weighted by Crippen LogP contribution is -2.41. The molecule has 1 aliphatic heterocycles. The molecule has 0 saturated carbocycles. The average Bonchev–Trinajstić information content (AvgIpc) is 3.01. The summed E-state index contributed by atoms with van der Waals surface area (Å²) in [5.74, 6) is 0.833. The van der Waals surface area contributed by atoms with E-state index >= 15 is 0 Å². The maximum atomic E-state index is 12.3. The van der Waals surface area contributed by atoms with Gasteiger partial charge < -0.3 is 25.0 Å². The molecular formula is C19H27N3O3. The minimum absolute atomic E-state index is 0.0178. The van der Waals surface area contributed by atoms with E-state index in [9.17, 15) is 9.90 Å². The van der Waals surface area contributed by atoms with Gasteiger partial charge >= 0.3 is 0 Å². The fraction of sp³-hybridized carbons (Fsp3) is 0.526. The fourth-order valence-electron chi connectivity index (χ4n) is 3.37. The van der Waals surface area contributed by atoms with Gasteiger partial charge in [0.15, 0.2) is 0 Å². The van der Waals surface area contributed by atoms with E-state index < -0.39 is 0 Å². The van der Waals surface area contributed by atoms with Crippen molar-refractivity contribution in [1.29, 1.82) is 0 Å². The SMILES string of the molecule is CCOc1cccc2[nH]cc(CC(=O)NCCN3CCC(O)CC3)c12. The summed E-state index contributed by atoms with van der Waals surface area (Å²) in [7, 11) is 0. The summed E-state index contributed by atoms with van der Waals surface area (Å²) in [4.78, 5) is 17.8. The zero-order valence-electron chi connectivity index (χ0n) is 14.8. The van der Waals surface area contributed by atoms with Crippen LogP contribution in [0.2, 0.25) is 0 Å².